The molecule has 0 aromatic carbocycles. The highest BCUT2D eigenvalue weighted by molar-refractivity contribution is 5.88. The zero-order valence-corrected chi connectivity index (χ0v) is 6.88. The SMILES string of the molecule is COC(=O)c1cc(C)c[nH]c1=O. The predicted molar refractivity (Wildman–Crippen MR) is 43.1 cm³/mol. The Morgan fingerprint density at radius 2 is 2.25 bits per heavy atom. The van der Waals surface area contributed by atoms with Crippen molar-refractivity contribution in [3.8, 4) is 0 Å². The van der Waals surface area contributed by atoms with Gasteiger partial charge in [0, 0.05) is 6.20 Å². The molecule has 1 N–H and O–H groups in total. The lowest BCUT2D eigenvalue weighted by molar-refractivity contribution is 0.0598. The summed E-state index contributed by atoms with van der Waals surface area (Å²) in [4.78, 5) is 24.4. The van der Waals surface area contributed by atoms with E-state index >= 15 is 0 Å². The van der Waals surface area contributed by atoms with Crippen LogP contribution >= 0.6 is 0 Å². The zero-order valence-electron chi connectivity index (χ0n) is 6.88. The molecule has 0 aliphatic heterocycles. The molecular formula is C8H9NO3. The first-order valence-electron chi connectivity index (χ1n) is 3.43. The van der Waals surface area contributed by atoms with Crippen molar-refractivity contribution in [1.29, 1.82) is 0 Å². The van der Waals surface area contributed by atoms with Crippen LogP contribution in [0, 0.1) is 6.92 Å². The van der Waals surface area contributed by atoms with E-state index in [1.165, 1.54) is 19.4 Å². The van der Waals surface area contributed by atoms with Gasteiger partial charge in [-0.25, -0.2) is 4.79 Å². The summed E-state index contributed by atoms with van der Waals surface area (Å²) >= 11 is 0. The van der Waals surface area contributed by atoms with Crippen LogP contribution in [0.5, 0.6) is 0 Å². The summed E-state index contributed by atoms with van der Waals surface area (Å²) in [5, 5.41) is 0. The molecule has 0 unspecified atom stereocenters. The Morgan fingerprint density at radius 3 is 2.83 bits per heavy atom. The Hall–Kier alpha value is -1.58. The van der Waals surface area contributed by atoms with Crippen molar-refractivity contribution in [2.24, 2.45) is 0 Å². The second kappa shape index (κ2) is 3.21. The second-order valence-corrected chi connectivity index (χ2v) is 2.41. The lowest BCUT2D eigenvalue weighted by atomic mass is 10.2. The van der Waals surface area contributed by atoms with Gasteiger partial charge in [0.25, 0.3) is 5.56 Å². The zero-order chi connectivity index (χ0) is 9.14. The highest BCUT2D eigenvalue weighted by Gasteiger charge is 2.09. The number of carbonyl (C=O) groups is 1. The molecule has 1 aromatic heterocycles. The number of pyridine rings is 1. The topological polar surface area (TPSA) is 59.2 Å². The van der Waals surface area contributed by atoms with E-state index in [1.807, 2.05) is 0 Å². The quantitative estimate of drug-likeness (QED) is 0.618. The third-order valence-corrected chi connectivity index (χ3v) is 1.45. The van der Waals surface area contributed by atoms with E-state index in [4.69, 9.17) is 0 Å². The van der Waals surface area contributed by atoms with E-state index in [-0.39, 0.29) is 5.56 Å². The number of H-pyrrole nitrogens is 1. The fourth-order valence-corrected chi connectivity index (χ4v) is 0.854. The van der Waals surface area contributed by atoms with Crippen LogP contribution in [0.1, 0.15) is 15.9 Å². The van der Waals surface area contributed by atoms with Crippen molar-refractivity contribution in [2.75, 3.05) is 7.11 Å². The largest absolute Gasteiger partial charge is 0.465 e. The van der Waals surface area contributed by atoms with Crippen LogP contribution in [0.2, 0.25) is 0 Å². The summed E-state index contributed by atoms with van der Waals surface area (Å²) in [7, 11) is 1.24. The predicted octanol–water partition coefficient (Wildman–Crippen LogP) is 0.470. The molecule has 0 fully saturated rings. The van der Waals surface area contributed by atoms with Crippen LogP contribution in [-0.2, 0) is 4.74 Å². The maximum atomic E-state index is 11.0. The van der Waals surface area contributed by atoms with Gasteiger partial charge in [0.2, 0.25) is 0 Å². The normalized spacial score (nSPS) is 9.50. The van der Waals surface area contributed by atoms with E-state index in [1.54, 1.807) is 6.92 Å². The molecule has 4 heteroatoms. The Bertz CT molecular complexity index is 354. The number of esters is 1. The molecule has 64 valence electrons. The van der Waals surface area contributed by atoms with Crippen LogP contribution in [0.15, 0.2) is 17.1 Å². The van der Waals surface area contributed by atoms with E-state index < -0.39 is 11.5 Å². The Kier molecular flexibility index (Phi) is 2.28. The lowest BCUT2D eigenvalue weighted by Gasteiger charge is -1.97. The van der Waals surface area contributed by atoms with Crippen molar-refractivity contribution in [2.45, 2.75) is 6.92 Å². The first kappa shape index (κ1) is 8.52. The molecule has 12 heavy (non-hydrogen) atoms. The number of aromatic nitrogens is 1. The number of hydrogen-bond donors (Lipinski definition) is 1. The molecule has 0 saturated heterocycles. The smallest absolute Gasteiger partial charge is 0.343 e. The van der Waals surface area contributed by atoms with Gasteiger partial charge in [-0.15, -0.1) is 0 Å². The molecule has 4 nitrogen and oxygen atoms in total. The van der Waals surface area contributed by atoms with E-state index in [0.717, 1.165) is 5.56 Å². The molecule has 0 saturated carbocycles. The number of hydrogen-bond acceptors (Lipinski definition) is 3. The average molecular weight is 167 g/mol. The fourth-order valence-electron chi connectivity index (χ4n) is 0.854. The lowest BCUT2D eigenvalue weighted by Crippen LogP contribution is -2.18. The minimum Gasteiger partial charge on any atom is -0.465 e. The van der Waals surface area contributed by atoms with E-state index in [2.05, 4.69) is 9.72 Å². The molecule has 0 spiro atoms. The number of rotatable bonds is 1. The van der Waals surface area contributed by atoms with Crippen LogP contribution in [0.4, 0.5) is 0 Å². The van der Waals surface area contributed by atoms with Gasteiger partial charge < -0.3 is 9.72 Å². The van der Waals surface area contributed by atoms with Crippen LogP contribution in [-0.4, -0.2) is 18.1 Å². The Balaban J connectivity index is 3.23. The van der Waals surface area contributed by atoms with Gasteiger partial charge >= 0.3 is 5.97 Å². The molecule has 0 radical (unpaired) electrons. The summed E-state index contributed by atoms with van der Waals surface area (Å²) in [6.07, 6.45) is 1.54. The van der Waals surface area contributed by atoms with Crippen LogP contribution in [0.3, 0.4) is 0 Å². The highest BCUT2D eigenvalue weighted by atomic mass is 16.5. The maximum Gasteiger partial charge on any atom is 0.343 e. The average Bonchev–Trinajstić information content (AvgIpc) is 2.08. The summed E-state index contributed by atoms with van der Waals surface area (Å²) in [5.41, 5.74) is 0.431. The number of carbonyl (C=O) groups excluding carboxylic acids is 1. The molecule has 1 heterocycles. The van der Waals surface area contributed by atoms with Crippen molar-refractivity contribution >= 4 is 5.97 Å². The van der Waals surface area contributed by atoms with Gasteiger partial charge in [0.05, 0.1) is 7.11 Å². The van der Waals surface area contributed by atoms with E-state index in [0.29, 0.717) is 0 Å². The second-order valence-electron chi connectivity index (χ2n) is 2.41. The molecule has 0 bridgehead atoms. The molecular weight excluding hydrogens is 158 g/mol. The van der Waals surface area contributed by atoms with Gasteiger partial charge in [0.15, 0.2) is 0 Å². The standard InChI is InChI=1S/C8H9NO3/c1-5-3-6(8(11)12-2)7(10)9-4-5/h3-4H,1-2H3,(H,9,10). The highest BCUT2D eigenvalue weighted by Crippen LogP contribution is 1.97. The number of aryl methyl sites for hydroxylation is 1. The fraction of sp³-hybridized carbons (Fsp3) is 0.250. The Labute approximate surface area is 69.2 Å². The number of nitrogens with one attached hydrogen (secondary N) is 1. The van der Waals surface area contributed by atoms with Crippen molar-refractivity contribution in [3.05, 3.63) is 33.7 Å². The van der Waals surface area contributed by atoms with E-state index in [9.17, 15) is 9.59 Å². The van der Waals surface area contributed by atoms with Gasteiger partial charge in [-0.2, -0.15) is 0 Å². The first-order valence-corrected chi connectivity index (χ1v) is 3.43. The van der Waals surface area contributed by atoms with Crippen molar-refractivity contribution < 1.29 is 9.53 Å². The van der Waals surface area contributed by atoms with Crippen LogP contribution in [0.25, 0.3) is 0 Å². The number of aromatic amines is 1. The van der Waals surface area contributed by atoms with Gasteiger partial charge in [0.1, 0.15) is 5.56 Å². The Morgan fingerprint density at radius 1 is 1.58 bits per heavy atom. The van der Waals surface area contributed by atoms with Gasteiger partial charge in [-0.1, -0.05) is 0 Å². The van der Waals surface area contributed by atoms with Crippen molar-refractivity contribution in [3.63, 3.8) is 0 Å². The maximum absolute atomic E-state index is 11.0. The summed E-state index contributed by atoms with van der Waals surface area (Å²) in [5.74, 6) is -0.611. The number of ether oxygens (including phenoxy) is 1. The third kappa shape index (κ3) is 1.53. The summed E-state index contributed by atoms with van der Waals surface area (Å²) < 4.78 is 4.41. The molecule has 1 rings (SSSR count). The molecule has 0 atom stereocenters. The third-order valence-electron chi connectivity index (χ3n) is 1.45. The molecule has 0 aliphatic rings. The summed E-state index contributed by atoms with van der Waals surface area (Å²) in [6, 6.07) is 1.49. The molecule has 1 aromatic rings. The summed E-state index contributed by atoms with van der Waals surface area (Å²) in [6.45, 7) is 1.78. The monoisotopic (exact) mass is 167 g/mol. The van der Waals surface area contributed by atoms with Crippen molar-refractivity contribution in [1.82, 2.24) is 4.98 Å². The minimum atomic E-state index is -0.611. The molecule has 0 amide bonds. The van der Waals surface area contributed by atoms with Crippen LogP contribution < -0.4 is 5.56 Å². The number of methoxy groups -OCH3 is 1. The minimum absolute atomic E-state index is 0.0394. The molecule has 0 aliphatic carbocycles. The van der Waals surface area contributed by atoms with Gasteiger partial charge in [-0.3, -0.25) is 4.79 Å². The first-order chi connectivity index (χ1) is 5.65. The van der Waals surface area contributed by atoms with Gasteiger partial charge in [-0.05, 0) is 18.6 Å².